The number of hydrogen-bond donors (Lipinski definition) is 2. The predicted molar refractivity (Wildman–Crippen MR) is 78.0 cm³/mol. The Morgan fingerprint density at radius 2 is 2.11 bits per heavy atom. The number of nitrogens with one attached hydrogen (secondary N) is 1. The van der Waals surface area contributed by atoms with Gasteiger partial charge in [-0.15, -0.1) is 11.3 Å². The van der Waals surface area contributed by atoms with Crippen molar-refractivity contribution in [2.24, 2.45) is 5.92 Å². The van der Waals surface area contributed by atoms with E-state index in [1.54, 1.807) is 6.07 Å². The molecular formula is C14H21NO3S. The number of thiophene rings is 1. The zero-order valence-electron chi connectivity index (χ0n) is 11.7. The number of carbonyl (C=O) groups is 2. The molecule has 0 spiro atoms. The number of anilines is 1. The highest BCUT2D eigenvalue weighted by Crippen LogP contribution is 2.28. The van der Waals surface area contributed by atoms with E-state index in [0.29, 0.717) is 5.00 Å². The summed E-state index contributed by atoms with van der Waals surface area (Å²) < 4.78 is 0. The van der Waals surface area contributed by atoms with Crippen LogP contribution in [0.1, 0.15) is 54.8 Å². The highest BCUT2D eigenvalue weighted by Gasteiger charge is 2.20. The van der Waals surface area contributed by atoms with Gasteiger partial charge in [-0.25, -0.2) is 4.79 Å². The number of unbranched alkanes of at least 4 members (excludes halogenated alkanes) is 1. The lowest BCUT2D eigenvalue weighted by molar-refractivity contribution is -0.120. The first-order valence-electron chi connectivity index (χ1n) is 6.64. The molecule has 1 unspecified atom stereocenters. The Labute approximate surface area is 117 Å². The Bertz CT molecular complexity index is 454. The maximum absolute atomic E-state index is 12.1. The SMILES string of the molecule is CCCCC(CC)C(=O)Nc1sc(C)cc1C(=O)O. The predicted octanol–water partition coefficient (Wildman–Crippen LogP) is 3.91. The Morgan fingerprint density at radius 3 is 2.63 bits per heavy atom. The van der Waals surface area contributed by atoms with Crippen molar-refractivity contribution in [2.75, 3.05) is 5.32 Å². The zero-order valence-corrected chi connectivity index (χ0v) is 12.5. The Morgan fingerprint density at radius 1 is 1.42 bits per heavy atom. The largest absolute Gasteiger partial charge is 0.478 e. The number of carboxylic acid groups (broad SMARTS) is 1. The van der Waals surface area contributed by atoms with Crippen LogP contribution >= 0.6 is 11.3 Å². The molecule has 0 aromatic carbocycles. The van der Waals surface area contributed by atoms with Gasteiger partial charge in [0.2, 0.25) is 5.91 Å². The van der Waals surface area contributed by atoms with E-state index < -0.39 is 5.97 Å². The molecule has 19 heavy (non-hydrogen) atoms. The lowest BCUT2D eigenvalue weighted by Crippen LogP contribution is -2.22. The summed E-state index contributed by atoms with van der Waals surface area (Å²) in [5.74, 6) is -1.11. The molecule has 0 aliphatic rings. The molecule has 0 fully saturated rings. The Balaban J connectivity index is 2.77. The van der Waals surface area contributed by atoms with E-state index in [9.17, 15) is 9.59 Å². The summed E-state index contributed by atoms with van der Waals surface area (Å²) in [6, 6.07) is 1.59. The van der Waals surface area contributed by atoms with Crippen LogP contribution in [0.25, 0.3) is 0 Å². The molecule has 1 aromatic rings. The van der Waals surface area contributed by atoms with Crippen LogP contribution < -0.4 is 5.32 Å². The van der Waals surface area contributed by atoms with Crippen molar-refractivity contribution in [3.05, 3.63) is 16.5 Å². The molecule has 4 nitrogen and oxygen atoms in total. The molecule has 0 aliphatic carbocycles. The minimum atomic E-state index is -0.999. The van der Waals surface area contributed by atoms with E-state index in [-0.39, 0.29) is 17.4 Å². The van der Waals surface area contributed by atoms with Crippen LogP contribution in [0.4, 0.5) is 5.00 Å². The van der Waals surface area contributed by atoms with E-state index in [1.165, 1.54) is 11.3 Å². The third-order valence-corrected chi connectivity index (χ3v) is 4.06. The first-order chi connectivity index (χ1) is 8.99. The van der Waals surface area contributed by atoms with Crippen molar-refractivity contribution in [1.82, 2.24) is 0 Å². The molecule has 0 bridgehead atoms. The Kier molecular flexibility index (Phi) is 6.02. The van der Waals surface area contributed by atoms with Gasteiger partial charge in [0.1, 0.15) is 5.00 Å². The smallest absolute Gasteiger partial charge is 0.338 e. The van der Waals surface area contributed by atoms with Gasteiger partial charge in [-0.05, 0) is 25.8 Å². The van der Waals surface area contributed by atoms with Crippen molar-refractivity contribution < 1.29 is 14.7 Å². The molecule has 1 aromatic heterocycles. The fourth-order valence-corrected chi connectivity index (χ4v) is 2.86. The van der Waals surface area contributed by atoms with Crippen molar-refractivity contribution in [3.8, 4) is 0 Å². The topological polar surface area (TPSA) is 66.4 Å². The molecule has 1 rings (SSSR count). The second-order valence-corrected chi connectivity index (χ2v) is 5.90. The van der Waals surface area contributed by atoms with E-state index in [1.807, 2.05) is 13.8 Å². The molecule has 2 N–H and O–H groups in total. The number of aryl methyl sites for hydroxylation is 1. The quantitative estimate of drug-likeness (QED) is 0.797. The monoisotopic (exact) mass is 283 g/mol. The number of rotatable bonds is 7. The van der Waals surface area contributed by atoms with Crippen molar-refractivity contribution in [1.29, 1.82) is 0 Å². The number of hydrogen-bond acceptors (Lipinski definition) is 3. The van der Waals surface area contributed by atoms with Gasteiger partial charge in [-0.1, -0.05) is 26.7 Å². The number of aromatic carboxylic acids is 1. The standard InChI is InChI=1S/C14H21NO3S/c1-4-6-7-10(5-2)12(16)15-13-11(14(17)18)8-9(3)19-13/h8,10H,4-7H2,1-3H3,(H,15,16)(H,17,18). The fraction of sp³-hybridized carbons (Fsp3) is 0.571. The van der Waals surface area contributed by atoms with E-state index in [0.717, 1.165) is 30.6 Å². The maximum Gasteiger partial charge on any atom is 0.338 e. The molecule has 0 aliphatic heterocycles. The summed E-state index contributed by atoms with van der Waals surface area (Å²) in [4.78, 5) is 24.1. The molecule has 0 radical (unpaired) electrons. The molecular weight excluding hydrogens is 262 g/mol. The summed E-state index contributed by atoms with van der Waals surface area (Å²) in [6.07, 6.45) is 3.70. The third kappa shape index (κ3) is 4.35. The van der Waals surface area contributed by atoms with Crippen LogP contribution in [0.2, 0.25) is 0 Å². The highest BCUT2D eigenvalue weighted by atomic mass is 32.1. The van der Waals surface area contributed by atoms with Gasteiger partial charge >= 0.3 is 5.97 Å². The van der Waals surface area contributed by atoms with E-state index in [4.69, 9.17) is 5.11 Å². The number of carbonyl (C=O) groups excluding carboxylic acids is 1. The first kappa shape index (κ1) is 15.7. The minimum Gasteiger partial charge on any atom is -0.478 e. The second-order valence-electron chi connectivity index (χ2n) is 4.64. The molecule has 1 heterocycles. The van der Waals surface area contributed by atoms with Crippen LogP contribution in [0.15, 0.2) is 6.07 Å². The summed E-state index contributed by atoms with van der Waals surface area (Å²) in [7, 11) is 0. The van der Waals surface area contributed by atoms with Crippen LogP contribution in [0, 0.1) is 12.8 Å². The molecule has 106 valence electrons. The highest BCUT2D eigenvalue weighted by molar-refractivity contribution is 7.16. The van der Waals surface area contributed by atoms with Gasteiger partial charge in [-0.3, -0.25) is 4.79 Å². The molecule has 5 heteroatoms. The van der Waals surface area contributed by atoms with Gasteiger partial charge in [0.05, 0.1) is 5.56 Å². The molecule has 1 amide bonds. The van der Waals surface area contributed by atoms with E-state index in [2.05, 4.69) is 12.2 Å². The minimum absolute atomic E-state index is 0.0380. The van der Waals surface area contributed by atoms with Crippen molar-refractivity contribution in [3.63, 3.8) is 0 Å². The summed E-state index contributed by atoms with van der Waals surface area (Å²) >= 11 is 1.31. The van der Waals surface area contributed by atoms with Gasteiger partial charge in [-0.2, -0.15) is 0 Å². The maximum atomic E-state index is 12.1. The average molecular weight is 283 g/mol. The average Bonchev–Trinajstić information content (AvgIpc) is 2.71. The number of amides is 1. The van der Waals surface area contributed by atoms with Crippen LogP contribution in [0.5, 0.6) is 0 Å². The second kappa shape index (κ2) is 7.28. The number of carboxylic acids is 1. The lowest BCUT2D eigenvalue weighted by Gasteiger charge is -2.14. The van der Waals surface area contributed by atoms with Gasteiger partial charge in [0.15, 0.2) is 0 Å². The van der Waals surface area contributed by atoms with E-state index >= 15 is 0 Å². The molecule has 0 saturated heterocycles. The summed E-state index contributed by atoms with van der Waals surface area (Å²) in [5, 5.41) is 12.3. The van der Waals surface area contributed by atoms with Crippen LogP contribution in [0.3, 0.4) is 0 Å². The zero-order chi connectivity index (χ0) is 14.4. The molecule has 0 saturated carbocycles. The van der Waals surface area contributed by atoms with Gasteiger partial charge in [0.25, 0.3) is 0 Å². The van der Waals surface area contributed by atoms with Crippen LogP contribution in [-0.4, -0.2) is 17.0 Å². The molecule has 1 atom stereocenters. The normalized spacial score (nSPS) is 12.2. The van der Waals surface area contributed by atoms with Crippen molar-refractivity contribution >= 4 is 28.2 Å². The van der Waals surface area contributed by atoms with Crippen LogP contribution in [-0.2, 0) is 4.79 Å². The lowest BCUT2D eigenvalue weighted by atomic mass is 9.98. The third-order valence-electron chi connectivity index (χ3n) is 3.09. The van der Waals surface area contributed by atoms with Gasteiger partial charge < -0.3 is 10.4 Å². The summed E-state index contributed by atoms with van der Waals surface area (Å²) in [5.41, 5.74) is 0.182. The summed E-state index contributed by atoms with van der Waals surface area (Å²) in [6.45, 7) is 5.91. The fourth-order valence-electron chi connectivity index (χ4n) is 1.95. The van der Waals surface area contributed by atoms with Gasteiger partial charge in [0, 0.05) is 10.8 Å². The first-order valence-corrected chi connectivity index (χ1v) is 7.45. The Hall–Kier alpha value is -1.36. The van der Waals surface area contributed by atoms with Crippen molar-refractivity contribution in [2.45, 2.75) is 46.5 Å².